The van der Waals surface area contributed by atoms with Crippen molar-refractivity contribution in [1.29, 1.82) is 0 Å². The average molecular weight is 398 g/mol. The van der Waals surface area contributed by atoms with E-state index in [1.807, 2.05) is 11.5 Å². The molecular weight excluding hydrogens is 376 g/mol. The van der Waals surface area contributed by atoms with Crippen molar-refractivity contribution >= 4 is 11.8 Å². The van der Waals surface area contributed by atoms with Crippen LogP contribution >= 0.6 is 0 Å². The van der Waals surface area contributed by atoms with Crippen LogP contribution in [0.1, 0.15) is 37.9 Å². The van der Waals surface area contributed by atoms with Gasteiger partial charge in [0.25, 0.3) is 0 Å². The molecule has 0 atom stereocenters. The molecule has 2 heterocycles. The molecule has 0 unspecified atom stereocenters. The molecule has 0 saturated heterocycles. The predicted octanol–water partition coefficient (Wildman–Crippen LogP) is 3.45. The first-order chi connectivity index (χ1) is 13.8. The second-order valence-electron chi connectivity index (χ2n) is 6.52. The molecule has 0 radical (unpaired) electrons. The number of esters is 1. The Kier molecular flexibility index (Phi) is 5.72. The van der Waals surface area contributed by atoms with Crippen LogP contribution in [0.4, 0.5) is 0 Å². The van der Waals surface area contributed by atoms with Crippen LogP contribution in [0.25, 0.3) is 5.82 Å². The van der Waals surface area contributed by atoms with E-state index in [0.29, 0.717) is 34.3 Å². The Morgan fingerprint density at radius 2 is 1.66 bits per heavy atom. The van der Waals surface area contributed by atoms with Gasteiger partial charge >= 0.3 is 5.97 Å². The number of Topliss-reactive ketones (excluding diaryl/α,β-unsaturated/α-hetero) is 1. The highest BCUT2D eigenvalue weighted by Crippen LogP contribution is 2.24. The number of ketones is 1. The number of rotatable bonds is 7. The molecule has 0 bridgehead atoms. The molecule has 0 fully saturated rings. The van der Waals surface area contributed by atoms with E-state index in [0.717, 1.165) is 5.69 Å². The van der Waals surface area contributed by atoms with Crippen LogP contribution in [-0.4, -0.2) is 42.3 Å². The summed E-state index contributed by atoms with van der Waals surface area (Å²) in [6.45, 7) is 5.07. The summed E-state index contributed by atoms with van der Waals surface area (Å²) in [5, 5.41) is 3.99. The summed E-state index contributed by atoms with van der Waals surface area (Å²) >= 11 is 0. The van der Waals surface area contributed by atoms with E-state index in [2.05, 4.69) is 5.16 Å². The quantitative estimate of drug-likeness (QED) is 0.444. The Morgan fingerprint density at radius 3 is 2.21 bits per heavy atom. The zero-order chi connectivity index (χ0) is 21.1. The highest BCUT2D eigenvalue weighted by atomic mass is 16.5. The van der Waals surface area contributed by atoms with Gasteiger partial charge in [0.05, 0.1) is 19.8 Å². The molecule has 0 aliphatic heterocycles. The van der Waals surface area contributed by atoms with Crippen molar-refractivity contribution in [2.24, 2.45) is 0 Å². The van der Waals surface area contributed by atoms with Gasteiger partial charge in [0.1, 0.15) is 17.3 Å². The smallest absolute Gasteiger partial charge is 0.338 e. The molecule has 3 rings (SSSR count). The molecule has 0 amide bonds. The van der Waals surface area contributed by atoms with Crippen molar-refractivity contribution in [2.75, 3.05) is 20.8 Å². The van der Waals surface area contributed by atoms with Gasteiger partial charge in [-0.1, -0.05) is 5.16 Å². The zero-order valence-electron chi connectivity index (χ0n) is 16.9. The van der Waals surface area contributed by atoms with Crippen molar-refractivity contribution in [2.45, 2.75) is 20.8 Å². The largest absolute Gasteiger partial charge is 0.497 e. The van der Waals surface area contributed by atoms with Crippen LogP contribution in [0.5, 0.6) is 11.5 Å². The number of aryl methyl sites for hydroxylation is 2. The fourth-order valence-electron chi connectivity index (χ4n) is 3.07. The molecule has 152 valence electrons. The molecule has 0 aliphatic rings. The number of benzene rings is 1. The molecule has 1 aromatic carbocycles. The van der Waals surface area contributed by atoms with Crippen LogP contribution in [-0.2, 0) is 4.74 Å². The van der Waals surface area contributed by atoms with E-state index in [1.165, 1.54) is 26.4 Å². The van der Waals surface area contributed by atoms with Gasteiger partial charge in [-0.15, -0.1) is 0 Å². The van der Waals surface area contributed by atoms with Gasteiger partial charge in [0, 0.05) is 29.1 Å². The van der Waals surface area contributed by atoms with Crippen LogP contribution in [0.15, 0.2) is 34.9 Å². The third kappa shape index (κ3) is 4.16. The molecular formula is C21H22N2O6. The van der Waals surface area contributed by atoms with Crippen molar-refractivity contribution in [3.05, 3.63) is 58.6 Å². The van der Waals surface area contributed by atoms with E-state index >= 15 is 0 Å². The first kappa shape index (κ1) is 20.2. The van der Waals surface area contributed by atoms with Crippen LogP contribution in [0, 0.1) is 20.8 Å². The standard InChI is InChI=1S/C21H22N2O6/c1-12-6-18(14(3)23(12)20-7-13(2)29-22-20)19(24)11-28-21(25)15-8-16(26-4)10-17(9-15)27-5/h6-10H,11H2,1-5H3. The predicted molar refractivity (Wildman–Crippen MR) is 104 cm³/mol. The van der Waals surface area contributed by atoms with Gasteiger partial charge in [0.2, 0.25) is 5.78 Å². The SMILES string of the molecule is COc1cc(OC)cc(C(=O)OCC(=O)c2cc(C)n(-c3cc(C)on3)c2C)c1. The molecule has 8 nitrogen and oxygen atoms in total. The van der Waals surface area contributed by atoms with Crippen LogP contribution in [0.3, 0.4) is 0 Å². The third-order valence-electron chi connectivity index (χ3n) is 4.50. The van der Waals surface area contributed by atoms with Gasteiger partial charge in [-0.05, 0) is 39.0 Å². The van der Waals surface area contributed by atoms with E-state index in [9.17, 15) is 9.59 Å². The Hall–Kier alpha value is -3.55. The fourth-order valence-corrected chi connectivity index (χ4v) is 3.07. The lowest BCUT2D eigenvalue weighted by molar-refractivity contribution is 0.0474. The number of hydrogen-bond acceptors (Lipinski definition) is 7. The Labute approximate surface area is 168 Å². The summed E-state index contributed by atoms with van der Waals surface area (Å²) in [5.41, 5.74) is 2.21. The topological polar surface area (TPSA) is 92.8 Å². The number of hydrogen-bond donors (Lipinski definition) is 0. The summed E-state index contributed by atoms with van der Waals surface area (Å²) < 4.78 is 22.4. The Balaban J connectivity index is 1.75. The fraction of sp³-hybridized carbons (Fsp3) is 0.286. The van der Waals surface area contributed by atoms with Crippen LogP contribution < -0.4 is 9.47 Å². The second kappa shape index (κ2) is 8.22. The molecule has 0 saturated carbocycles. The highest BCUT2D eigenvalue weighted by Gasteiger charge is 2.20. The van der Waals surface area contributed by atoms with Gasteiger partial charge in [-0.2, -0.15) is 0 Å². The second-order valence-corrected chi connectivity index (χ2v) is 6.52. The minimum absolute atomic E-state index is 0.234. The van der Waals surface area contributed by atoms with Gasteiger partial charge in [-0.3, -0.25) is 9.36 Å². The first-order valence-electron chi connectivity index (χ1n) is 8.90. The van der Waals surface area contributed by atoms with Crippen molar-refractivity contribution in [1.82, 2.24) is 9.72 Å². The van der Waals surface area contributed by atoms with E-state index < -0.39 is 5.97 Å². The Bertz CT molecular complexity index is 1040. The minimum atomic E-state index is -0.642. The van der Waals surface area contributed by atoms with Gasteiger partial charge in [0.15, 0.2) is 12.4 Å². The number of nitrogens with zero attached hydrogens (tertiary/aromatic N) is 2. The average Bonchev–Trinajstić information content (AvgIpc) is 3.27. The van der Waals surface area contributed by atoms with Gasteiger partial charge < -0.3 is 18.7 Å². The van der Waals surface area contributed by atoms with E-state index in [-0.39, 0.29) is 18.0 Å². The Morgan fingerprint density at radius 1 is 1.00 bits per heavy atom. The number of methoxy groups -OCH3 is 2. The van der Waals surface area contributed by atoms with Crippen molar-refractivity contribution in [3.63, 3.8) is 0 Å². The number of aromatic nitrogens is 2. The maximum atomic E-state index is 12.7. The molecule has 0 N–H and O–H groups in total. The molecule has 8 heteroatoms. The maximum absolute atomic E-state index is 12.7. The number of carbonyl (C=O) groups excluding carboxylic acids is 2. The van der Waals surface area contributed by atoms with Gasteiger partial charge in [-0.25, -0.2) is 4.79 Å². The first-order valence-corrected chi connectivity index (χ1v) is 8.90. The normalized spacial score (nSPS) is 10.7. The van der Waals surface area contributed by atoms with Crippen molar-refractivity contribution in [3.8, 4) is 17.3 Å². The lowest BCUT2D eigenvalue weighted by Crippen LogP contribution is -2.15. The monoisotopic (exact) mass is 398 g/mol. The summed E-state index contributed by atoms with van der Waals surface area (Å²) in [5.74, 6) is 1.22. The number of ether oxygens (including phenoxy) is 3. The lowest BCUT2D eigenvalue weighted by atomic mass is 10.1. The number of carbonyl (C=O) groups is 2. The zero-order valence-corrected chi connectivity index (χ0v) is 16.9. The molecule has 2 aromatic heterocycles. The third-order valence-corrected chi connectivity index (χ3v) is 4.50. The van der Waals surface area contributed by atoms with Crippen LogP contribution in [0.2, 0.25) is 0 Å². The summed E-state index contributed by atoms with van der Waals surface area (Å²) in [4.78, 5) is 25.1. The maximum Gasteiger partial charge on any atom is 0.338 e. The van der Waals surface area contributed by atoms with E-state index in [1.54, 1.807) is 32.0 Å². The highest BCUT2D eigenvalue weighted by molar-refractivity contribution is 6.00. The molecule has 3 aromatic rings. The molecule has 0 aliphatic carbocycles. The van der Waals surface area contributed by atoms with E-state index in [4.69, 9.17) is 18.7 Å². The molecule has 29 heavy (non-hydrogen) atoms. The lowest BCUT2D eigenvalue weighted by Gasteiger charge is -2.09. The summed E-state index contributed by atoms with van der Waals surface area (Å²) in [6.07, 6.45) is 0. The minimum Gasteiger partial charge on any atom is -0.497 e. The van der Waals surface area contributed by atoms with Crippen molar-refractivity contribution < 1.29 is 28.3 Å². The summed E-state index contributed by atoms with van der Waals surface area (Å²) in [6, 6.07) is 8.21. The summed E-state index contributed by atoms with van der Waals surface area (Å²) in [7, 11) is 2.97. The molecule has 0 spiro atoms.